The van der Waals surface area contributed by atoms with E-state index in [1.165, 1.54) is 6.26 Å². The number of hydrogen-bond donors (Lipinski definition) is 1. The average Bonchev–Trinajstić information content (AvgIpc) is 3.02. The van der Waals surface area contributed by atoms with Crippen molar-refractivity contribution in [1.29, 1.82) is 0 Å². The molecule has 0 fully saturated rings. The monoisotopic (exact) mass is 357 g/mol. The topological polar surface area (TPSA) is 99.1 Å². The van der Waals surface area contributed by atoms with Gasteiger partial charge in [-0.25, -0.2) is 8.42 Å². The Morgan fingerprint density at radius 2 is 1.60 bits per heavy atom. The van der Waals surface area contributed by atoms with Gasteiger partial charge >= 0.3 is 0 Å². The van der Waals surface area contributed by atoms with E-state index >= 15 is 0 Å². The first-order chi connectivity index (χ1) is 11.8. The van der Waals surface area contributed by atoms with E-state index in [2.05, 4.69) is 10.1 Å². The number of aryl methyl sites for hydroxylation is 1. The zero-order chi connectivity index (χ0) is 18.0. The summed E-state index contributed by atoms with van der Waals surface area (Å²) in [7, 11) is -3.18. The van der Waals surface area contributed by atoms with Crippen LogP contribution in [0.4, 0.5) is 0 Å². The minimum absolute atomic E-state index is 0.314. The smallest absolute Gasteiger partial charge is 0.243 e. The number of rotatable bonds is 5. The Morgan fingerprint density at radius 3 is 2.08 bits per heavy atom. The van der Waals surface area contributed by atoms with Gasteiger partial charge in [-0.05, 0) is 42.2 Å². The van der Waals surface area contributed by atoms with Gasteiger partial charge in [0.25, 0.3) is 0 Å². The molecule has 0 aliphatic heterocycles. The third-order valence-electron chi connectivity index (χ3n) is 3.89. The zero-order valence-electron chi connectivity index (χ0n) is 14.0. The van der Waals surface area contributed by atoms with Crippen LogP contribution in [0, 0.1) is 6.92 Å². The van der Waals surface area contributed by atoms with Crippen molar-refractivity contribution < 1.29 is 12.9 Å². The fourth-order valence-corrected chi connectivity index (χ4v) is 3.16. The molecule has 0 amide bonds. The van der Waals surface area contributed by atoms with Gasteiger partial charge in [0.1, 0.15) is 0 Å². The lowest BCUT2D eigenvalue weighted by Gasteiger charge is -2.08. The van der Waals surface area contributed by atoms with Crippen LogP contribution in [-0.2, 0) is 16.3 Å². The molecule has 6 nitrogen and oxygen atoms in total. The Bertz CT molecular complexity index is 962. The predicted molar refractivity (Wildman–Crippen MR) is 94.7 cm³/mol. The van der Waals surface area contributed by atoms with E-state index < -0.39 is 9.84 Å². The molecule has 0 spiro atoms. The molecule has 2 N–H and O–H groups in total. The van der Waals surface area contributed by atoms with Gasteiger partial charge in [0.05, 0.1) is 10.9 Å². The number of sulfone groups is 1. The lowest BCUT2D eigenvalue weighted by molar-refractivity contribution is 0.351. The molecule has 2 aromatic carbocycles. The maximum atomic E-state index is 11.5. The molecule has 0 aliphatic carbocycles. The van der Waals surface area contributed by atoms with E-state index in [0.717, 1.165) is 16.7 Å². The summed E-state index contributed by atoms with van der Waals surface area (Å²) < 4.78 is 28.1. The molecule has 1 atom stereocenters. The van der Waals surface area contributed by atoms with Gasteiger partial charge in [-0.15, -0.1) is 0 Å². The molecule has 0 saturated carbocycles. The normalized spacial score (nSPS) is 12.9. The first-order valence-electron chi connectivity index (χ1n) is 7.78. The molecule has 3 aromatic rings. The highest BCUT2D eigenvalue weighted by Gasteiger charge is 2.14. The van der Waals surface area contributed by atoms with Crippen LogP contribution in [0.3, 0.4) is 0 Å². The largest absolute Gasteiger partial charge is 0.338 e. The summed E-state index contributed by atoms with van der Waals surface area (Å²) in [6.07, 6.45) is 1.79. The second-order valence-electron chi connectivity index (χ2n) is 5.98. The van der Waals surface area contributed by atoms with E-state index in [1.807, 2.05) is 24.3 Å². The molecule has 130 valence electrons. The number of hydrogen-bond acceptors (Lipinski definition) is 6. The number of nitrogens with two attached hydrogens (primary N) is 1. The van der Waals surface area contributed by atoms with E-state index in [9.17, 15) is 8.42 Å². The van der Waals surface area contributed by atoms with Gasteiger partial charge in [0, 0.05) is 6.26 Å². The van der Waals surface area contributed by atoms with Crippen LogP contribution < -0.4 is 5.73 Å². The van der Waals surface area contributed by atoms with Crippen LogP contribution >= 0.6 is 0 Å². The quantitative estimate of drug-likeness (QED) is 0.754. The summed E-state index contributed by atoms with van der Waals surface area (Å²) in [5.41, 5.74) is 9.11. The third kappa shape index (κ3) is 4.12. The molecule has 7 heteroatoms. The van der Waals surface area contributed by atoms with Crippen molar-refractivity contribution in [2.24, 2.45) is 5.73 Å². The first kappa shape index (κ1) is 17.3. The van der Waals surface area contributed by atoms with Gasteiger partial charge < -0.3 is 10.3 Å². The standard InChI is InChI=1S/C18H19N3O3S/c1-12-20-18(24-21-12)17(19)11-13-3-5-14(6-4-13)15-7-9-16(10-8-15)25(2,22)23/h3-10,17H,11,19H2,1-2H3. The van der Waals surface area contributed by atoms with Gasteiger partial charge in [-0.2, -0.15) is 4.98 Å². The molecule has 1 unspecified atom stereocenters. The molecule has 1 aromatic heterocycles. The van der Waals surface area contributed by atoms with E-state index in [-0.39, 0.29) is 6.04 Å². The maximum Gasteiger partial charge on any atom is 0.243 e. The molecule has 3 rings (SSSR count). The van der Waals surface area contributed by atoms with Crippen molar-refractivity contribution in [3.8, 4) is 11.1 Å². The number of benzene rings is 2. The third-order valence-corrected chi connectivity index (χ3v) is 5.01. The summed E-state index contributed by atoms with van der Waals surface area (Å²) in [5, 5.41) is 3.75. The molecular formula is C18H19N3O3S. The van der Waals surface area contributed by atoms with E-state index in [1.54, 1.807) is 31.2 Å². The minimum atomic E-state index is -3.18. The van der Waals surface area contributed by atoms with Crippen LogP contribution in [0.5, 0.6) is 0 Å². The highest BCUT2D eigenvalue weighted by molar-refractivity contribution is 7.90. The zero-order valence-corrected chi connectivity index (χ0v) is 14.8. The Balaban J connectivity index is 1.74. The van der Waals surface area contributed by atoms with Crippen molar-refractivity contribution in [2.75, 3.05) is 6.26 Å². The molecule has 0 bridgehead atoms. The molecule has 0 radical (unpaired) electrons. The van der Waals surface area contributed by atoms with E-state index in [0.29, 0.717) is 23.0 Å². The molecular weight excluding hydrogens is 338 g/mol. The summed E-state index contributed by atoms with van der Waals surface area (Å²) in [5.74, 6) is 0.997. The van der Waals surface area contributed by atoms with Crippen LogP contribution in [-0.4, -0.2) is 24.8 Å². The summed E-state index contributed by atoms with van der Waals surface area (Å²) >= 11 is 0. The van der Waals surface area contributed by atoms with Crippen LogP contribution in [0.25, 0.3) is 11.1 Å². The van der Waals surface area contributed by atoms with E-state index in [4.69, 9.17) is 10.3 Å². The highest BCUT2D eigenvalue weighted by Crippen LogP contribution is 2.23. The summed E-state index contributed by atoms with van der Waals surface area (Å²) in [6.45, 7) is 1.75. The second kappa shape index (κ2) is 6.78. The van der Waals surface area contributed by atoms with Crippen molar-refractivity contribution in [1.82, 2.24) is 10.1 Å². The Labute approximate surface area is 146 Å². The SMILES string of the molecule is Cc1noc(C(N)Cc2ccc(-c3ccc(S(C)(=O)=O)cc3)cc2)n1. The van der Waals surface area contributed by atoms with Crippen LogP contribution in [0.15, 0.2) is 57.9 Å². The van der Waals surface area contributed by atoms with Crippen molar-refractivity contribution in [3.63, 3.8) is 0 Å². The lowest BCUT2D eigenvalue weighted by atomic mass is 10.0. The first-order valence-corrected chi connectivity index (χ1v) is 9.67. The van der Waals surface area contributed by atoms with Crippen molar-refractivity contribution in [2.45, 2.75) is 24.3 Å². The summed E-state index contributed by atoms with van der Waals surface area (Å²) in [6, 6.07) is 14.4. The van der Waals surface area contributed by atoms with Gasteiger partial charge in [0.2, 0.25) is 5.89 Å². The predicted octanol–water partition coefficient (Wildman–Crippen LogP) is 2.69. The number of nitrogens with zero attached hydrogens (tertiary/aromatic N) is 2. The summed E-state index contributed by atoms with van der Waals surface area (Å²) in [4.78, 5) is 4.46. The molecule has 0 aliphatic rings. The Kier molecular flexibility index (Phi) is 4.69. The maximum absolute atomic E-state index is 11.5. The van der Waals surface area contributed by atoms with Crippen molar-refractivity contribution >= 4 is 9.84 Å². The van der Waals surface area contributed by atoms with Crippen molar-refractivity contribution in [3.05, 3.63) is 65.8 Å². The van der Waals surface area contributed by atoms with Gasteiger partial charge in [-0.3, -0.25) is 0 Å². The molecule has 0 saturated heterocycles. The van der Waals surface area contributed by atoms with Crippen LogP contribution in [0.1, 0.15) is 23.3 Å². The Morgan fingerprint density at radius 1 is 1.04 bits per heavy atom. The number of aromatic nitrogens is 2. The fraction of sp³-hybridized carbons (Fsp3) is 0.222. The minimum Gasteiger partial charge on any atom is -0.338 e. The molecule has 1 heterocycles. The Hall–Kier alpha value is -2.51. The average molecular weight is 357 g/mol. The van der Waals surface area contributed by atoms with Gasteiger partial charge in [0.15, 0.2) is 15.7 Å². The van der Waals surface area contributed by atoms with Gasteiger partial charge in [-0.1, -0.05) is 41.6 Å². The second-order valence-corrected chi connectivity index (χ2v) is 8.00. The lowest BCUT2D eigenvalue weighted by Crippen LogP contribution is -2.13. The molecule has 25 heavy (non-hydrogen) atoms. The van der Waals surface area contributed by atoms with Crippen LogP contribution in [0.2, 0.25) is 0 Å². The highest BCUT2D eigenvalue weighted by atomic mass is 32.2. The fourth-order valence-electron chi connectivity index (χ4n) is 2.53.